The maximum absolute atomic E-state index is 14.2. The van der Waals surface area contributed by atoms with Gasteiger partial charge >= 0.3 is 0 Å². The summed E-state index contributed by atoms with van der Waals surface area (Å²) in [5.74, 6) is -1.39. The zero-order valence-corrected chi connectivity index (χ0v) is 22.0. The Hall–Kier alpha value is -2.06. The summed E-state index contributed by atoms with van der Waals surface area (Å²) in [6, 6.07) is 7.99. The number of nitrogens with one attached hydrogen (secondary N) is 2. The Morgan fingerprint density at radius 1 is 1.20 bits per heavy atom. The van der Waals surface area contributed by atoms with Crippen LogP contribution in [0.15, 0.2) is 30.3 Å². The van der Waals surface area contributed by atoms with Gasteiger partial charge in [-0.15, -0.1) is 11.8 Å². The van der Waals surface area contributed by atoms with Crippen molar-refractivity contribution in [1.29, 1.82) is 0 Å². The van der Waals surface area contributed by atoms with Crippen LogP contribution in [-0.4, -0.2) is 63.0 Å². The molecular weight excluding hydrogens is 462 g/mol. The van der Waals surface area contributed by atoms with Gasteiger partial charge in [-0.25, -0.2) is 0 Å². The summed E-state index contributed by atoms with van der Waals surface area (Å²) in [5, 5.41) is 16.7. The second-order valence-electron chi connectivity index (χ2n) is 10.4. The third kappa shape index (κ3) is 4.26. The summed E-state index contributed by atoms with van der Waals surface area (Å²) in [6.07, 6.45) is 3.41. The van der Waals surface area contributed by atoms with Gasteiger partial charge in [0.25, 0.3) is 0 Å². The first-order valence-electron chi connectivity index (χ1n) is 13.1. The molecule has 8 atom stereocenters. The topological polar surface area (TPSA) is 98.7 Å². The Morgan fingerprint density at radius 3 is 2.54 bits per heavy atom. The highest BCUT2D eigenvalue weighted by Gasteiger charge is 2.76. The molecular formula is C27H39N3O4S. The van der Waals surface area contributed by atoms with E-state index in [4.69, 9.17) is 0 Å². The van der Waals surface area contributed by atoms with Gasteiger partial charge in [0.05, 0.1) is 29.2 Å². The maximum Gasteiger partial charge on any atom is 0.244 e. The van der Waals surface area contributed by atoms with E-state index in [1.807, 2.05) is 44.2 Å². The summed E-state index contributed by atoms with van der Waals surface area (Å²) in [5.41, 5.74) is 0.790. The lowest BCUT2D eigenvalue weighted by atomic mass is 9.66. The number of hydrogen-bond acceptors (Lipinski definition) is 5. The van der Waals surface area contributed by atoms with E-state index in [2.05, 4.69) is 24.5 Å². The number of amides is 3. The van der Waals surface area contributed by atoms with Crippen molar-refractivity contribution in [3.63, 3.8) is 0 Å². The van der Waals surface area contributed by atoms with Crippen LogP contribution in [-0.2, 0) is 14.4 Å². The first kappa shape index (κ1) is 26.0. The zero-order chi connectivity index (χ0) is 25.3. The average molecular weight is 502 g/mol. The third-order valence-corrected chi connectivity index (χ3v) is 10.2. The van der Waals surface area contributed by atoms with Crippen molar-refractivity contribution in [2.24, 2.45) is 17.8 Å². The fourth-order valence-corrected chi connectivity index (χ4v) is 9.03. The molecule has 1 spiro atoms. The van der Waals surface area contributed by atoms with Crippen molar-refractivity contribution in [3.05, 3.63) is 35.9 Å². The summed E-state index contributed by atoms with van der Waals surface area (Å²) in [6.45, 7) is 8.47. The average Bonchev–Trinajstić information content (AvgIpc) is 3.43. The van der Waals surface area contributed by atoms with Crippen LogP contribution in [0.2, 0.25) is 0 Å². The normalized spacial score (nSPS) is 32.9. The molecule has 35 heavy (non-hydrogen) atoms. The summed E-state index contributed by atoms with van der Waals surface area (Å²) < 4.78 is -0.686. The number of nitrogens with zero attached hydrogens (tertiary/aromatic N) is 1. The number of fused-ring (bicyclic) bond motifs is 1. The lowest BCUT2D eigenvalue weighted by Crippen LogP contribution is -2.58. The fraction of sp³-hybridized carbons (Fsp3) is 0.667. The van der Waals surface area contributed by atoms with Crippen molar-refractivity contribution in [2.75, 3.05) is 13.2 Å². The molecule has 3 saturated heterocycles. The summed E-state index contributed by atoms with van der Waals surface area (Å²) in [4.78, 5) is 43.1. The van der Waals surface area contributed by atoms with Gasteiger partial charge in [0.2, 0.25) is 17.7 Å². The van der Waals surface area contributed by atoms with Crippen LogP contribution in [0.5, 0.6) is 0 Å². The van der Waals surface area contributed by atoms with Gasteiger partial charge in [-0.2, -0.15) is 0 Å². The van der Waals surface area contributed by atoms with Crippen LogP contribution in [0.1, 0.15) is 65.0 Å². The SMILES string of the molecule is CCCNC(=O)[C@@H]1[C@@H]2CC(C)C3(S2)C(C(=O)NC(C)CCC)N([C@H](CO)c2ccccc2)C(=O)[C@H]13. The second kappa shape index (κ2) is 10.5. The molecule has 0 aliphatic carbocycles. The van der Waals surface area contributed by atoms with Crippen molar-refractivity contribution in [3.8, 4) is 0 Å². The number of carbonyl (C=O) groups excluding carboxylic acids is 3. The van der Waals surface area contributed by atoms with Crippen LogP contribution in [0, 0.1) is 17.8 Å². The predicted octanol–water partition coefficient (Wildman–Crippen LogP) is 2.89. The zero-order valence-electron chi connectivity index (χ0n) is 21.2. The van der Waals surface area contributed by atoms with E-state index in [0.29, 0.717) is 6.54 Å². The Labute approximate surface area is 212 Å². The van der Waals surface area contributed by atoms with Crippen molar-refractivity contribution >= 4 is 29.5 Å². The molecule has 1 aromatic carbocycles. The van der Waals surface area contributed by atoms with Crippen LogP contribution in [0.4, 0.5) is 0 Å². The van der Waals surface area contributed by atoms with Gasteiger partial charge in [0.15, 0.2) is 0 Å². The molecule has 3 N–H and O–H groups in total. The minimum absolute atomic E-state index is 0.0191. The molecule has 3 aliphatic heterocycles. The van der Waals surface area contributed by atoms with Gasteiger partial charge in [-0.05, 0) is 37.7 Å². The molecule has 4 unspecified atom stereocenters. The summed E-state index contributed by atoms with van der Waals surface area (Å²) in [7, 11) is 0. The molecule has 8 heteroatoms. The number of thioether (sulfide) groups is 1. The number of rotatable bonds is 10. The quantitative estimate of drug-likeness (QED) is 0.458. The van der Waals surface area contributed by atoms with Crippen LogP contribution in [0.25, 0.3) is 0 Å². The van der Waals surface area contributed by atoms with Gasteiger partial charge < -0.3 is 20.6 Å². The molecule has 3 amide bonds. The van der Waals surface area contributed by atoms with Gasteiger partial charge in [0.1, 0.15) is 6.04 Å². The molecule has 7 nitrogen and oxygen atoms in total. The largest absolute Gasteiger partial charge is 0.394 e. The van der Waals surface area contributed by atoms with Crippen molar-refractivity contribution in [1.82, 2.24) is 15.5 Å². The number of benzene rings is 1. The molecule has 0 radical (unpaired) electrons. The molecule has 0 saturated carbocycles. The highest BCUT2D eigenvalue weighted by Crippen LogP contribution is 2.69. The number of aliphatic hydroxyl groups is 1. The lowest BCUT2D eigenvalue weighted by Gasteiger charge is -2.40. The highest BCUT2D eigenvalue weighted by atomic mass is 32.2. The minimum atomic E-state index is -0.745. The van der Waals surface area contributed by atoms with Crippen LogP contribution >= 0.6 is 11.8 Å². The van der Waals surface area contributed by atoms with E-state index in [-0.39, 0.29) is 41.5 Å². The monoisotopic (exact) mass is 501 g/mol. The molecule has 1 aromatic rings. The first-order valence-corrected chi connectivity index (χ1v) is 13.9. The highest BCUT2D eigenvalue weighted by molar-refractivity contribution is 8.02. The number of likely N-dealkylation sites (tertiary alicyclic amines) is 1. The van der Waals surface area contributed by atoms with E-state index < -0.39 is 28.7 Å². The molecule has 3 heterocycles. The Balaban J connectivity index is 1.79. The molecule has 192 valence electrons. The molecule has 4 rings (SSSR count). The van der Waals surface area contributed by atoms with Crippen LogP contribution in [0.3, 0.4) is 0 Å². The molecule has 2 bridgehead atoms. The Kier molecular flexibility index (Phi) is 7.81. The smallest absolute Gasteiger partial charge is 0.244 e. The number of carbonyl (C=O) groups is 3. The molecule has 3 aliphatic rings. The number of hydrogen-bond donors (Lipinski definition) is 3. The Morgan fingerprint density at radius 2 is 1.91 bits per heavy atom. The molecule has 3 fully saturated rings. The van der Waals surface area contributed by atoms with Crippen LogP contribution < -0.4 is 10.6 Å². The van der Waals surface area contributed by atoms with E-state index in [9.17, 15) is 19.5 Å². The van der Waals surface area contributed by atoms with Gasteiger partial charge in [0, 0.05) is 17.8 Å². The first-order chi connectivity index (χ1) is 16.8. The predicted molar refractivity (Wildman–Crippen MR) is 138 cm³/mol. The Bertz CT molecular complexity index is 944. The van der Waals surface area contributed by atoms with E-state index in [1.54, 1.807) is 16.7 Å². The lowest BCUT2D eigenvalue weighted by molar-refractivity contribution is -0.143. The second-order valence-corrected chi connectivity index (χ2v) is 11.9. The van der Waals surface area contributed by atoms with E-state index >= 15 is 0 Å². The maximum atomic E-state index is 14.2. The van der Waals surface area contributed by atoms with Gasteiger partial charge in [-0.1, -0.05) is 57.5 Å². The third-order valence-electron chi connectivity index (χ3n) is 8.09. The van der Waals surface area contributed by atoms with E-state index in [1.165, 1.54) is 0 Å². The molecule has 0 aromatic heterocycles. The van der Waals surface area contributed by atoms with Crippen molar-refractivity contribution < 1.29 is 19.5 Å². The summed E-state index contributed by atoms with van der Waals surface area (Å²) >= 11 is 1.67. The van der Waals surface area contributed by atoms with E-state index in [0.717, 1.165) is 31.2 Å². The van der Waals surface area contributed by atoms with Gasteiger partial charge in [-0.3, -0.25) is 14.4 Å². The minimum Gasteiger partial charge on any atom is -0.394 e. The standard InChI is InChI=1S/C27H39N3O4S/c1-5-10-17(4)29-25(33)23-27-16(3)14-20(35-27)21(24(32)28-13-6-2)22(27)26(34)30(23)19(15-31)18-11-8-7-9-12-18/h7-9,11-12,16-17,19-23,31H,5-6,10,13-15H2,1-4H3,(H,28,32)(H,29,33)/t16?,17?,19-,20+,21-,22+,23?,27?/m1/s1. The fourth-order valence-electron chi connectivity index (χ4n) is 6.62. The number of aliphatic hydroxyl groups excluding tert-OH is 1. The van der Waals surface area contributed by atoms with Crippen molar-refractivity contribution in [2.45, 2.75) is 81.5 Å².